The largest absolute Gasteiger partial charge is 1.00 e. The van der Waals surface area contributed by atoms with Gasteiger partial charge in [0.15, 0.2) is 0 Å². The molecule has 0 fully saturated rings. The van der Waals surface area contributed by atoms with Gasteiger partial charge in [-0.05, 0) is 23.6 Å². The second kappa shape index (κ2) is 10.2. The van der Waals surface area contributed by atoms with E-state index in [1.165, 1.54) is 37.4 Å². The van der Waals surface area contributed by atoms with Crippen molar-refractivity contribution in [1.29, 1.82) is 0 Å². The predicted molar refractivity (Wildman–Crippen MR) is 94.3 cm³/mol. The molecule has 28 heavy (non-hydrogen) atoms. The molecule has 10 heteroatoms. The van der Waals surface area contributed by atoms with Crippen LogP contribution in [0.25, 0.3) is 10.8 Å². The zero-order valence-corrected chi connectivity index (χ0v) is 20.7. The second-order valence-corrected chi connectivity index (χ2v) is 6.92. The summed E-state index contributed by atoms with van der Waals surface area (Å²) in [6.45, 7) is 1.85. The van der Waals surface area contributed by atoms with Gasteiger partial charge in [0.2, 0.25) is 0 Å². The Hall–Kier alpha value is -0.970. The van der Waals surface area contributed by atoms with Crippen molar-refractivity contribution < 1.29 is 81.9 Å². The SMILES string of the molecule is COc1c[c-]c(C)cc1N=Nc1c(O)ccc2cc(S(=O)(=O)[O-])ccc12.[Na+].[Na+]. The van der Waals surface area contributed by atoms with Crippen LogP contribution in [0.4, 0.5) is 11.4 Å². The standard InChI is InChI=1S/C18H15N2O5S.2Na/c1-11-3-8-17(25-2)15(9-11)19-20-18-14-6-5-13(26(22,23)24)10-12(14)4-7-16(18)21;;/h4-10,21H,1-2H3,(H,22,23,24);;/q-1;2*+1/p-1. The number of phenolic OH excluding ortho intramolecular Hbond substituents is 1. The van der Waals surface area contributed by atoms with Crippen LogP contribution in [0.1, 0.15) is 5.56 Å². The van der Waals surface area contributed by atoms with E-state index in [0.717, 1.165) is 5.56 Å². The Balaban J connectivity index is 0.00000196. The summed E-state index contributed by atoms with van der Waals surface area (Å²) in [6.07, 6.45) is 0. The minimum Gasteiger partial charge on any atom is -0.744 e. The predicted octanol–water partition coefficient (Wildman–Crippen LogP) is -2.01. The summed E-state index contributed by atoms with van der Waals surface area (Å²) in [5.74, 6) is 0.343. The van der Waals surface area contributed by atoms with Gasteiger partial charge in [-0.15, -0.1) is 17.2 Å². The Morgan fingerprint density at radius 3 is 2.46 bits per heavy atom. The summed E-state index contributed by atoms with van der Waals surface area (Å²) in [5, 5.41) is 19.3. The number of hydrogen-bond acceptors (Lipinski definition) is 7. The first-order valence-corrected chi connectivity index (χ1v) is 8.90. The number of fused-ring (bicyclic) bond motifs is 1. The molecule has 0 aliphatic rings. The summed E-state index contributed by atoms with van der Waals surface area (Å²) >= 11 is 0. The third kappa shape index (κ3) is 5.55. The molecule has 1 N–H and O–H groups in total. The summed E-state index contributed by atoms with van der Waals surface area (Å²) in [4.78, 5) is -0.352. The van der Waals surface area contributed by atoms with E-state index in [0.29, 0.717) is 22.2 Å². The number of hydrogen-bond donors (Lipinski definition) is 1. The van der Waals surface area contributed by atoms with Gasteiger partial charge in [-0.3, -0.25) is 0 Å². The van der Waals surface area contributed by atoms with Crippen LogP contribution < -0.4 is 63.9 Å². The van der Waals surface area contributed by atoms with Gasteiger partial charge < -0.3 is 14.4 Å². The van der Waals surface area contributed by atoms with E-state index in [1.807, 2.05) is 6.92 Å². The molecular formula is C18H14N2Na2O5S. The number of nitrogens with zero attached hydrogens (tertiary/aromatic N) is 2. The molecule has 0 aliphatic carbocycles. The number of methoxy groups -OCH3 is 1. The third-order valence-corrected chi connectivity index (χ3v) is 4.58. The molecule has 0 heterocycles. The van der Waals surface area contributed by atoms with Gasteiger partial charge in [0, 0.05) is 16.8 Å². The molecule has 0 aromatic heterocycles. The fraction of sp³-hybridized carbons (Fsp3) is 0.111. The molecule has 134 valence electrons. The monoisotopic (exact) mass is 416 g/mol. The minimum absolute atomic E-state index is 0. The van der Waals surface area contributed by atoms with Crippen LogP contribution in [0, 0.1) is 13.0 Å². The van der Waals surface area contributed by atoms with E-state index in [1.54, 1.807) is 12.1 Å². The number of aromatic hydroxyl groups is 1. The molecule has 0 spiro atoms. The zero-order valence-electron chi connectivity index (χ0n) is 15.9. The fourth-order valence-electron chi connectivity index (χ4n) is 2.46. The minimum atomic E-state index is -4.57. The Morgan fingerprint density at radius 1 is 1.11 bits per heavy atom. The molecule has 3 aromatic rings. The average Bonchev–Trinajstić information content (AvgIpc) is 2.60. The van der Waals surface area contributed by atoms with Crippen molar-refractivity contribution in [1.82, 2.24) is 0 Å². The maximum atomic E-state index is 11.2. The topological polar surface area (TPSA) is 111 Å². The molecule has 0 amide bonds. The molecule has 3 aromatic carbocycles. The van der Waals surface area contributed by atoms with E-state index in [4.69, 9.17) is 4.74 Å². The van der Waals surface area contributed by atoms with E-state index in [2.05, 4.69) is 16.3 Å². The quantitative estimate of drug-likeness (QED) is 0.229. The summed E-state index contributed by atoms with van der Waals surface area (Å²) in [6, 6.07) is 13.0. The van der Waals surface area contributed by atoms with E-state index < -0.39 is 10.1 Å². The van der Waals surface area contributed by atoms with Crippen molar-refractivity contribution in [3.8, 4) is 11.5 Å². The van der Waals surface area contributed by atoms with Crippen LogP contribution in [0.3, 0.4) is 0 Å². The van der Waals surface area contributed by atoms with Gasteiger partial charge in [0.05, 0.1) is 12.0 Å². The van der Waals surface area contributed by atoms with Crippen LogP contribution >= 0.6 is 0 Å². The molecular weight excluding hydrogens is 402 g/mol. The van der Waals surface area contributed by atoms with Crippen LogP contribution in [0.2, 0.25) is 0 Å². The molecule has 0 bridgehead atoms. The number of azo groups is 1. The Kier molecular flexibility index (Phi) is 9.11. The van der Waals surface area contributed by atoms with E-state index >= 15 is 0 Å². The molecule has 3 rings (SSSR count). The molecule has 0 saturated heterocycles. The van der Waals surface area contributed by atoms with Gasteiger partial charge in [-0.25, -0.2) is 8.42 Å². The van der Waals surface area contributed by atoms with Crippen molar-refractivity contribution >= 4 is 32.3 Å². The Morgan fingerprint density at radius 2 is 1.82 bits per heavy atom. The molecule has 7 nitrogen and oxygen atoms in total. The average molecular weight is 416 g/mol. The van der Waals surface area contributed by atoms with Crippen LogP contribution in [-0.2, 0) is 10.1 Å². The van der Waals surface area contributed by atoms with Gasteiger partial charge in [-0.2, -0.15) is 16.7 Å². The Labute approximate surface area is 207 Å². The van der Waals surface area contributed by atoms with Gasteiger partial charge >= 0.3 is 59.1 Å². The number of benzene rings is 3. The van der Waals surface area contributed by atoms with Gasteiger partial charge in [-0.1, -0.05) is 19.1 Å². The van der Waals surface area contributed by atoms with Gasteiger partial charge in [0.25, 0.3) is 0 Å². The first-order chi connectivity index (χ1) is 12.3. The molecule has 0 saturated carbocycles. The second-order valence-electron chi connectivity index (χ2n) is 5.54. The summed E-state index contributed by atoms with van der Waals surface area (Å²) in [5.41, 5.74) is 1.45. The zero-order chi connectivity index (χ0) is 18.9. The summed E-state index contributed by atoms with van der Waals surface area (Å²) < 4.78 is 38.7. The van der Waals surface area contributed by atoms with Crippen LogP contribution in [0.5, 0.6) is 11.5 Å². The van der Waals surface area contributed by atoms with Crippen LogP contribution in [-0.4, -0.2) is 25.2 Å². The molecule has 0 atom stereocenters. The first-order valence-electron chi connectivity index (χ1n) is 7.49. The van der Waals surface area contributed by atoms with E-state index in [9.17, 15) is 18.1 Å². The normalized spacial score (nSPS) is 11.1. The third-order valence-electron chi connectivity index (χ3n) is 3.74. The van der Waals surface area contributed by atoms with E-state index in [-0.39, 0.29) is 75.4 Å². The van der Waals surface area contributed by atoms with Crippen molar-refractivity contribution in [2.24, 2.45) is 10.2 Å². The summed E-state index contributed by atoms with van der Waals surface area (Å²) in [7, 11) is -3.08. The molecule has 0 aliphatic heterocycles. The number of ether oxygens (including phenoxy) is 1. The number of phenols is 1. The maximum absolute atomic E-state index is 11.2. The number of aryl methyl sites for hydroxylation is 1. The van der Waals surface area contributed by atoms with Gasteiger partial charge in [0.1, 0.15) is 21.6 Å². The van der Waals surface area contributed by atoms with Crippen molar-refractivity contribution in [2.75, 3.05) is 7.11 Å². The number of rotatable bonds is 4. The first kappa shape index (κ1) is 25.1. The van der Waals surface area contributed by atoms with Crippen molar-refractivity contribution in [2.45, 2.75) is 11.8 Å². The molecule has 0 unspecified atom stereocenters. The van der Waals surface area contributed by atoms with Crippen molar-refractivity contribution in [3.05, 3.63) is 54.1 Å². The Bertz CT molecular complexity index is 1130. The van der Waals surface area contributed by atoms with Crippen LogP contribution in [0.15, 0.2) is 57.6 Å². The fourth-order valence-corrected chi connectivity index (χ4v) is 2.96. The smallest absolute Gasteiger partial charge is 0.744 e. The maximum Gasteiger partial charge on any atom is 1.00 e. The molecule has 0 radical (unpaired) electrons. The van der Waals surface area contributed by atoms with Crippen molar-refractivity contribution in [3.63, 3.8) is 0 Å².